The molecular formula is C24H28N2O3S. The molecule has 2 aromatic carbocycles. The second kappa shape index (κ2) is 11.5. The van der Waals surface area contributed by atoms with E-state index in [4.69, 9.17) is 9.47 Å². The lowest BCUT2D eigenvalue weighted by molar-refractivity contribution is -0.120. The highest BCUT2D eigenvalue weighted by molar-refractivity contribution is 7.13. The molecule has 0 saturated carbocycles. The zero-order valence-electron chi connectivity index (χ0n) is 17.5. The number of nitrogens with zero attached hydrogens (tertiary/aromatic N) is 1. The van der Waals surface area contributed by atoms with Gasteiger partial charge in [0.05, 0.1) is 30.4 Å². The van der Waals surface area contributed by atoms with E-state index in [1.165, 1.54) is 11.3 Å². The second-order valence-corrected chi connectivity index (χ2v) is 7.74. The summed E-state index contributed by atoms with van der Waals surface area (Å²) in [4.78, 5) is 16.9. The Morgan fingerprint density at radius 2 is 1.90 bits per heavy atom. The Bertz CT molecular complexity index is 927. The Hall–Kier alpha value is -2.70. The van der Waals surface area contributed by atoms with Gasteiger partial charge in [-0.25, -0.2) is 4.98 Å². The average molecular weight is 425 g/mol. The van der Waals surface area contributed by atoms with Gasteiger partial charge in [-0.05, 0) is 38.0 Å². The van der Waals surface area contributed by atoms with Crippen LogP contribution in [0, 0.1) is 0 Å². The first-order valence-corrected chi connectivity index (χ1v) is 11.1. The predicted molar refractivity (Wildman–Crippen MR) is 121 cm³/mol. The maximum atomic E-state index is 12.2. The van der Waals surface area contributed by atoms with Crippen molar-refractivity contribution in [2.45, 2.75) is 32.8 Å². The zero-order valence-corrected chi connectivity index (χ0v) is 18.3. The van der Waals surface area contributed by atoms with Crippen molar-refractivity contribution >= 4 is 17.2 Å². The minimum absolute atomic E-state index is 0.0268. The molecule has 0 radical (unpaired) electrons. The van der Waals surface area contributed by atoms with E-state index < -0.39 is 0 Å². The van der Waals surface area contributed by atoms with Crippen molar-refractivity contribution in [2.24, 2.45) is 0 Å². The van der Waals surface area contributed by atoms with Gasteiger partial charge in [-0.15, -0.1) is 11.3 Å². The fraction of sp³-hybridized carbons (Fsp3) is 0.333. The van der Waals surface area contributed by atoms with E-state index >= 15 is 0 Å². The van der Waals surface area contributed by atoms with Crippen LogP contribution >= 0.6 is 11.3 Å². The third-order valence-corrected chi connectivity index (χ3v) is 5.52. The topological polar surface area (TPSA) is 60.5 Å². The summed E-state index contributed by atoms with van der Waals surface area (Å²) in [7, 11) is 0. The molecular weight excluding hydrogens is 396 g/mol. The van der Waals surface area contributed by atoms with Gasteiger partial charge in [-0.1, -0.05) is 42.5 Å². The summed E-state index contributed by atoms with van der Waals surface area (Å²) < 4.78 is 11.5. The molecule has 0 aliphatic heterocycles. The Kier molecular flexibility index (Phi) is 8.41. The number of para-hydroxylation sites is 1. The summed E-state index contributed by atoms with van der Waals surface area (Å²) in [5, 5.41) is 5.75. The van der Waals surface area contributed by atoms with Gasteiger partial charge in [0, 0.05) is 18.5 Å². The largest absolute Gasteiger partial charge is 0.493 e. The van der Waals surface area contributed by atoms with Crippen LogP contribution in [0.15, 0.2) is 60.0 Å². The molecule has 158 valence electrons. The molecule has 1 atom stereocenters. The van der Waals surface area contributed by atoms with Crippen molar-refractivity contribution in [3.8, 4) is 16.3 Å². The third kappa shape index (κ3) is 6.40. The first kappa shape index (κ1) is 22.0. The van der Waals surface area contributed by atoms with E-state index in [0.717, 1.165) is 34.0 Å². The summed E-state index contributed by atoms with van der Waals surface area (Å²) >= 11 is 1.53. The van der Waals surface area contributed by atoms with E-state index in [1.807, 2.05) is 61.7 Å². The Morgan fingerprint density at radius 1 is 1.13 bits per heavy atom. The molecule has 6 heteroatoms. The smallest absolute Gasteiger partial charge is 0.226 e. The van der Waals surface area contributed by atoms with Crippen LogP contribution in [-0.4, -0.2) is 30.6 Å². The molecule has 0 aliphatic carbocycles. The SMILES string of the molecule is CCOc1ccccc1-c1nc(CC(=O)NCCCOC(C)c2ccccc2)cs1. The van der Waals surface area contributed by atoms with Gasteiger partial charge in [0.2, 0.25) is 5.91 Å². The number of thiazole rings is 1. The van der Waals surface area contributed by atoms with Gasteiger partial charge in [0.25, 0.3) is 0 Å². The van der Waals surface area contributed by atoms with Gasteiger partial charge in [-0.2, -0.15) is 0 Å². The number of carbonyl (C=O) groups excluding carboxylic acids is 1. The van der Waals surface area contributed by atoms with Gasteiger partial charge < -0.3 is 14.8 Å². The zero-order chi connectivity index (χ0) is 21.2. The van der Waals surface area contributed by atoms with Crippen LogP contribution in [0.5, 0.6) is 5.75 Å². The lowest BCUT2D eigenvalue weighted by Crippen LogP contribution is -2.27. The number of nitrogens with one attached hydrogen (secondary N) is 1. The van der Waals surface area contributed by atoms with Crippen LogP contribution in [-0.2, 0) is 16.0 Å². The summed E-state index contributed by atoms with van der Waals surface area (Å²) in [6.07, 6.45) is 1.09. The Balaban J connectivity index is 1.41. The standard InChI is InChI=1S/C24H28N2O3S/c1-3-28-22-13-8-7-12-21(22)24-26-20(17-30-24)16-23(27)25-14-9-15-29-18(2)19-10-5-4-6-11-19/h4-8,10-13,17-18H,3,9,14-16H2,1-2H3,(H,25,27). The number of rotatable bonds is 11. The van der Waals surface area contributed by atoms with Crippen LogP contribution in [0.4, 0.5) is 0 Å². The summed E-state index contributed by atoms with van der Waals surface area (Å²) in [5.41, 5.74) is 2.89. The van der Waals surface area contributed by atoms with Crippen LogP contribution in [0.25, 0.3) is 10.6 Å². The summed E-state index contributed by atoms with van der Waals surface area (Å²) in [5.74, 6) is 0.788. The summed E-state index contributed by atoms with van der Waals surface area (Å²) in [6, 6.07) is 18.0. The first-order chi connectivity index (χ1) is 14.7. The highest BCUT2D eigenvalue weighted by Gasteiger charge is 2.12. The number of hydrogen-bond donors (Lipinski definition) is 1. The molecule has 0 bridgehead atoms. The van der Waals surface area contributed by atoms with Crippen LogP contribution in [0.2, 0.25) is 0 Å². The fourth-order valence-electron chi connectivity index (χ4n) is 3.04. The van der Waals surface area contributed by atoms with Gasteiger partial charge in [-0.3, -0.25) is 4.79 Å². The highest BCUT2D eigenvalue weighted by atomic mass is 32.1. The molecule has 5 nitrogen and oxygen atoms in total. The quantitative estimate of drug-likeness (QED) is 0.438. The predicted octanol–water partition coefficient (Wildman–Crippen LogP) is 5.04. The third-order valence-electron chi connectivity index (χ3n) is 4.59. The molecule has 0 fully saturated rings. The molecule has 1 aromatic heterocycles. The van der Waals surface area contributed by atoms with E-state index in [0.29, 0.717) is 19.8 Å². The number of aromatic nitrogens is 1. The molecule has 30 heavy (non-hydrogen) atoms. The van der Waals surface area contributed by atoms with Crippen molar-refractivity contribution in [3.05, 3.63) is 71.2 Å². The molecule has 0 aliphatic rings. The number of benzene rings is 2. The first-order valence-electron chi connectivity index (χ1n) is 10.3. The van der Waals surface area contributed by atoms with E-state index in [9.17, 15) is 4.79 Å². The van der Waals surface area contributed by atoms with Crippen LogP contribution < -0.4 is 10.1 Å². The molecule has 0 saturated heterocycles. The van der Waals surface area contributed by atoms with Crippen molar-refractivity contribution in [2.75, 3.05) is 19.8 Å². The average Bonchev–Trinajstić information content (AvgIpc) is 3.22. The minimum Gasteiger partial charge on any atom is -0.493 e. The van der Waals surface area contributed by atoms with Crippen LogP contribution in [0.3, 0.4) is 0 Å². The maximum absolute atomic E-state index is 12.2. The minimum atomic E-state index is -0.0268. The Labute approximate surface area is 182 Å². The maximum Gasteiger partial charge on any atom is 0.226 e. The number of carbonyl (C=O) groups is 1. The van der Waals surface area contributed by atoms with Gasteiger partial charge in [0.15, 0.2) is 0 Å². The second-order valence-electron chi connectivity index (χ2n) is 6.88. The lowest BCUT2D eigenvalue weighted by atomic mass is 10.1. The highest BCUT2D eigenvalue weighted by Crippen LogP contribution is 2.32. The van der Waals surface area contributed by atoms with E-state index in [1.54, 1.807) is 0 Å². The van der Waals surface area contributed by atoms with E-state index in [2.05, 4.69) is 22.4 Å². The van der Waals surface area contributed by atoms with Gasteiger partial charge in [0.1, 0.15) is 10.8 Å². The molecule has 1 amide bonds. The molecule has 1 heterocycles. The van der Waals surface area contributed by atoms with Gasteiger partial charge >= 0.3 is 0 Å². The monoisotopic (exact) mass is 424 g/mol. The molecule has 1 unspecified atom stereocenters. The normalized spacial score (nSPS) is 11.8. The van der Waals surface area contributed by atoms with E-state index in [-0.39, 0.29) is 18.4 Å². The molecule has 0 spiro atoms. The van der Waals surface area contributed by atoms with Crippen molar-refractivity contribution in [1.82, 2.24) is 10.3 Å². The fourth-order valence-corrected chi connectivity index (χ4v) is 3.89. The Morgan fingerprint density at radius 3 is 2.70 bits per heavy atom. The molecule has 3 rings (SSSR count). The van der Waals surface area contributed by atoms with Crippen molar-refractivity contribution in [1.29, 1.82) is 0 Å². The number of ether oxygens (including phenoxy) is 2. The molecule has 3 aromatic rings. The number of amides is 1. The lowest BCUT2D eigenvalue weighted by Gasteiger charge is -2.13. The van der Waals surface area contributed by atoms with Crippen LogP contribution in [0.1, 0.15) is 37.6 Å². The van der Waals surface area contributed by atoms with Crippen molar-refractivity contribution < 1.29 is 14.3 Å². The number of hydrogen-bond acceptors (Lipinski definition) is 5. The van der Waals surface area contributed by atoms with Crippen molar-refractivity contribution in [3.63, 3.8) is 0 Å². The molecule has 1 N–H and O–H groups in total. The summed E-state index contributed by atoms with van der Waals surface area (Å²) in [6.45, 7) is 5.79.